The fourth-order valence-corrected chi connectivity index (χ4v) is 1.93. The van der Waals surface area contributed by atoms with Gasteiger partial charge in [-0.25, -0.2) is 0 Å². The number of nitro groups is 1. The molecule has 4 nitrogen and oxygen atoms in total. The van der Waals surface area contributed by atoms with Gasteiger partial charge in [0, 0.05) is 27.7 Å². The predicted molar refractivity (Wildman–Crippen MR) is 70.7 cm³/mol. The first kappa shape index (κ1) is 12.4. The SMILES string of the molecule is O=C(c1ccc([N+](=O)[O-])cc1)c1cccc(Br)c1. The average molecular weight is 306 g/mol. The van der Waals surface area contributed by atoms with Crippen molar-refractivity contribution in [2.75, 3.05) is 0 Å². The molecule has 0 amide bonds. The van der Waals surface area contributed by atoms with Crippen molar-refractivity contribution in [3.63, 3.8) is 0 Å². The standard InChI is InChI=1S/C13H8BrNO3/c14-11-3-1-2-10(8-11)13(16)9-4-6-12(7-5-9)15(17)18/h1-8H. The molecule has 0 unspecified atom stereocenters. The molecule has 0 N–H and O–H groups in total. The van der Waals surface area contributed by atoms with E-state index in [9.17, 15) is 14.9 Å². The first-order valence-corrected chi connectivity index (χ1v) is 5.92. The molecule has 0 heterocycles. The number of carbonyl (C=O) groups excluding carboxylic acids is 1. The van der Waals surface area contributed by atoms with Crippen molar-refractivity contribution in [3.05, 3.63) is 74.2 Å². The van der Waals surface area contributed by atoms with Crippen molar-refractivity contribution in [2.24, 2.45) is 0 Å². The van der Waals surface area contributed by atoms with Crippen LogP contribution in [0.2, 0.25) is 0 Å². The Hall–Kier alpha value is -2.01. The minimum absolute atomic E-state index is 0.0270. The number of non-ortho nitro benzene ring substituents is 1. The molecule has 0 fully saturated rings. The Bertz CT molecular complexity index is 608. The molecule has 2 aromatic carbocycles. The van der Waals surface area contributed by atoms with E-state index in [1.54, 1.807) is 18.2 Å². The lowest BCUT2D eigenvalue weighted by Crippen LogP contribution is -2.01. The zero-order valence-electron chi connectivity index (χ0n) is 9.17. The zero-order valence-corrected chi connectivity index (χ0v) is 10.8. The highest BCUT2D eigenvalue weighted by atomic mass is 79.9. The van der Waals surface area contributed by atoms with Gasteiger partial charge in [0.05, 0.1) is 4.92 Å². The van der Waals surface area contributed by atoms with E-state index < -0.39 is 4.92 Å². The van der Waals surface area contributed by atoms with Crippen molar-refractivity contribution >= 4 is 27.4 Å². The van der Waals surface area contributed by atoms with Gasteiger partial charge in [-0.2, -0.15) is 0 Å². The van der Waals surface area contributed by atoms with E-state index in [4.69, 9.17) is 0 Å². The van der Waals surface area contributed by atoms with Crippen LogP contribution in [-0.4, -0.2) is 10.7 Å². The third-order valence-electron chi connectivity index (χ3n) is 2.43. The summed E-state index contributed by atoms with van der Waals surface area (Å²) in [5, 5.41) is 10.5. The van der Waals surface area contributed by atoms with Crippen LogP contribution in [0.3, 0.4) is 0 Å². The topological polar surface area (TPSA) is 60.2 Å². The second kappa shape index (κ2) is 5.10. The van der Waals surface area contributed by atoms with Gasteiger partial charge in [-0.15, -0.1) is 0 Å². The molecular weight excluding hydrogens is 298 g/mol. The largest absolute Gasteiger partial charge is 0.289 e. The molecule has 0 aliphatic heterocycles. The summed E-state index contributed by atoms with van der Waals surface area (Å²) in [7, 11) is 0. The van der Waals surface area contributed by atoms with Crippen LogP contribution in [0.1, 0.15) is 15.9 Å². The van der Waals surface area contributed by atoms with Gasteiger partial charge in [0.25, 0.3) is 5.69 Å². The van der Waals surface area contributed by atoms with E-state index in [0.29, 0.717) is 11.1 Å². The highest BCUT2D eigenvalue weighted by Crippen LogP contribution is 2.17. The van der Waals surface area contributed by atoms with Crippen LogP contribution in [0.5, 0.6) is 0 Å². The van der Waals surface area contributed by atoms with Gasteiger partial charge in [0.15, 0.2) is 5.78 Å². The second-order valence-electron chi connectivity index (χ2n) is 3.64. The summed E-state index contributed by atoms with van der Waals surface area (Å²) in [6.45, 7) is 0. The molecule has 2 rings (SSSR count). The molecule has 0 aliphatic carbocycles. The number of ketones is 1. The lowest BCUT2D eigenvalue weighted by Gasteiger charge is -2.01. The fourth-order valence-electron chi connectivity index (χ4n) is 1.53. The van der Waals surface area contributed by atoms with Gasteiger partial charge in [0.2, 0.25) is 0 Å². The molecule has 2 aromatic rings. The van der Waals surface area contributed by atoms with Crippen molar-refractivity contribution in [3.8, 4) is 0 Å². The Labute approximate surface area is 112 Å². The molecule has 5 heteroatoms. The summed E-state index contributed by atoms with van der Waals surface area (Å²) >= 11 is 3.29. The normalized spacial score (nSPS) is 10.1. The number of rotatable bonds is 3. The summed E-state index contributed by atoms with van der Waals surface area (Å²) in [5.74, 6) is -0.161. The summed E-state index contributed by atoms with van der Waals surface area (Å²) in [4.78, 5) is 22.1. The maximum absolute atomic E-state index is 12.1. The average Bonchev–Trinajstić information content (AvgIpc) is 2.38. The summed E-state index contributed by atoms with van der Waals surface area (Å²) in [6, 6.07) is 12.6. The monoisotopic (exact) mass is 305 g/mol. The highest BCUT2D eigenvalue weighted by molar-refractivity contribution is 9.10. The fraction of sp³-hybridized carbons (Fsp3) is 0. The molecule has 0 atom stereocenters. The van der Waals surface area contributed by atoms with E-state index in [1.807, 2.05) is 6.07 Å². The van der Waals surface area contributed by atoms with Crippen molar-refractivity contribution < 1.29 is 9.72 Å². The van der Waals surface area contributed by atoms with Gasteiger partial charge < -0.3 is 0 Å². The van der Waals surface area contributed by atoms with Gasteiger partial charge >= 0.3 is 0 Å². The summed E-state index contributed by atoms with van der Waals surface area (Å²) in [6.07, 6.45) is 0. The molecular formula is C13H8BrNO3. The van der Waals surface area contributed by atoms with Crippen molar-refractivity contribution in [2.45, 2.75) is 0 Å². The number of hydrogen-bond acceptors (Lipinski definition) is 3. The first-order chi connectivity index (χ1) is 8.58. The quantitative estimate of drug-likeness (QED) is 0.494. The van der Waals surface area contributed by atoms with Crippen LogP contribution < -0.4 is 0 Å². The lowest BCUT2D eigenvalue weighted by atomic mass is 10.0. The number of hydrogen-bond donors (Lipinski definition) is 0. The number of nitrogens with zero attached hydrogens (tertiary/aromatic N) is 1. The summed E-state index contributed by atoms with van der Waals surface area (Å²) in [5.41, 5.74) is 0.942. The number of carbonyl (C=O) groups is 1. The highest BCUT2D eigenvalue weighted by Gasteiger charge is 2.11. The first-order valence-electron chi connectivity index (χ1n) is 5.12. The Morgan fingerprint density at radius 1 is 1.06 bits per heavy atom. The third-order valence-corrected chi connectivity index (χ3v) is 2.92. The Balaban J connectivity index is 2.32. The van der Waals surface area contributed by atoms with Crippen LogP contribution in [0.25, 0.3) is 0 Å². The van der Waals surface area contributed by atoms with Gasteiger partial charge in [-0.05, 0) is 24.3 Å². The zero-order chi connectivity index (χ0) is 13.1. The van der Waals surface area contributed by atoms with E-state index >= 15 is 0 Å². The third kappa shape index (κ3) is 2.62. The minimum atomic E-state index is -0.493. The molecule has 0 saturated carbocycles. The van der Waals surface area contributed by atoms with E-state index in [0.717, 1.165) is 4.47 Å². The second-order valence-corrected chi connectivity index (χ2v) is 4.56. The molecule has 0 saturated heterocycles. The molecule has 18 heavy (non-hydrogen) atoms. The van der Waals surface area contributed by atoms with Gasteiger partial charge in [-0.1, -0.05) is 28.1 Å². The van der Waals surface area contributed by atoms with E-state index in [2.05, 4.69) is 15.9 Å². The summed E-state index contributed by atoms with van der Waals surface area (Å²) < 4.78 is 0.815. The van der Waals surface area contributed by atoms with Crippen LogP contribution in [0.15, 0.2) is 53.0 Å². The van der Waals surface area contributed by atoms with Crippen LogP contribution >= 0.6 is 15.9 Å². The number of nitro benzene ring substituents is 1. The lowest BCUT2D eigenvalue weighted by molar-refractivity contribution is -0.384. The molecule has 0 aromatic heterocycles. The maximum Gasteiger partial charge on any atom is 0.269 e. The smallest absolute Gasteiger partial charge is 0.269 e. The van der Waals surface area contributed by atoms with E-state index in [-0.39, 0.29) is 11.5 Å². The molecule has 0 spiro atoms. The molecule has 0 bridgehead atoms. The maximum atomic E-state index is 12.1. The minimum Gasteiger partial charge on any atom is -0.289 e. The van der Waals surface area contributed by atoms with Crippen molar-refractivity contribution in [1.82, 2.24) is 0 Å². The van der Waals surface area contributed by atoms with Crippen molar-refractivity contribution in [1.29, 1.82) is 0 Å². The van der Waals surface area contributed by atoms with E-state index in [1.165, 1.54) is 24.3 Å². The Morgan fingerprint density at radius 3 is 2.28 bits per heavy atom. The Morgan fingerprint density at radius 2 is 1.72 bits per heavy atom. The molecule has 0 radical (unpaired) electrons. The Kier molecular flexibility index (Phi) is 3.53. The molecule has 0 aliphatic rings. The number of benzene rings is 2. The molecule has 90 valence electrons. The van der Waals surface area contributed by atoms with Crippen LogP contribution in [0, 0.1) is 10.1 Å². The van der Waals surface area contributed by atoms with Gasteiger partial charge in [0.1, 0.15) is 0 Å². The van der Waals surface area contributed by atoms with Crippen LogP contribution in [0.4, 0.5) is 5.69 Å². The van der Waals surface area contributed by atoms with Gasteiger partial charge in [-0.3, -0.25) is 14.9 Å². The van der Waals surface area contributed by atoms with Crippen LogP contribution in [-0.2, 0) is 0 Å². The predicted octanol–water partition coefficient (Wildman–Crippen LogP) is 3.59. The number of halogens is 1.